The maximum absolute atomic E-state index is 13.4. The Hall–Kier alpha value is -4.06. The zero-order chi connectivity index (χ0) is 21.6. The number of ether oxygens (including phenoxy) is 2. The van der Waals surface area contributed by atoms with E-state index in [4.69, 9.17) is 19.3 Å². The summed E-state index contributed by atoms with van der Waals surface area (Å²) in [5.74, 6) is 1.24. The lowest BCUT2D eigenvalue weighted by atomic mass is 10.1. The quantitative estimate of drug-likeness (QED) is 0.392. The van der Waals surface area contributed by atoms with Crippen molar-refractivity contribution in [3.8, 4) is 22.8 Å². The Kier molecular flexibility index (Phi) is 5.98. The molecule has 156 valence electrons. The molecular formula is C25H22N2O4. The van der Waals surface area contributed by atoms with Gasteiger partial charge >= 0.3 is 0 Å². The van der Waals surface area contributed by atoms with E-state index in [1.807, 2.05) is 60.7 Å². The van der Waals surface area contributed by atoms with E-state index >= 15 is 0 Å². The largest absolute Gasteiger partial charge is 0.497 e. The smallest absolute Gasteiger partial charge is 0.235 e. The molecule has 6 nitrogen and oxygen atoms in total. The predicted octanol–water partition coefficient (Wildman–Crippen LogP) is 5.11. The van der Waals surface area contributed by atoms with Gasteiger partial charge in [-0.3, -0.25) is 4.79 Å². The molecule has 0 bridgehead atoms. The number of benzene rings is 3. The van der Waals surface area contributed by atoms with E-state index in [9.17, 15) is 4.79 Å². The van der Waals surface area contributed by atoms with E-state index in [-0.39, 0.29) is 17.8 Å². The maximum Gasteiger partial charge on any atom is 0.235 e. The lowest BCUT2D eigenvalue weighted by Gasteiger charge is -2.13. The number of hydrogen-bond donors (Lipinski definition) is 2. The van der Waals surface area contributed by atoms with Crippen molar-refractivity contribution in [2.24, 2.45) is 0 Å². The van der Waals surface area contributed by atoms with E-state index in [0.29, 0.717) is 34.6 Å². The number of nitrogens with one attached hydrogen (secondary N) is 2. The maximum atomic E-state index is 13.4. The SMILES string of the molecule is COc1ccc(-c2oc3ccc(NCC=N)cc3c(=O)c2OCc2ccccc2)cc1. The average molecular weight is 414 g/mol. The molecule has 0 saturated heterocycles. The van der Waals surface area contributed by atoms with Gasteiger partial charge in [0.2, 0.25) is 11.2 Å². The van der Waals surface area contributed by atoms with Crippen molar-refractivity contribution in [2.45, 2.75) is 6.61 Å². The molecule has 31 heavy (non-hydrogen) atoms. The minimum Gasteiger partial charge on any atom is -0.497 e. The first-order valence-electron chi connectivity index (χ1n) is 9.84. The Morgan fingerprint density at radius 2 is 1.81 bits per heavy atom. The van der Waals surface area contributed by atoms with E-state index in [1.165, 1.54) is 6.21 Å². The van der Waals surface area contributed by atoms with Crippen molar-refractivity contribution >= 4 is 22.9 Å². The van der Waals surface area contributed by atoms with Gasteiger partial charge in [-0.05, 0) is 48.0 Å². The van der Waals surface area contributed by atoms with Gasteiger partial charge in [-0.2, -0.15) is 0 Å². The third-order valence-electron chi connectivity index (χ3n) is 4.84. The summed E-state index contributed by atoms with van der Waals surface area (Å²) in [7, 11) is 1.60. The number of hydrogen-bond acceptors (Lipinski definition) is 6. The summed E-state index contributed by atoms with van der Waals surface area (Å²) >= 11 is 0. The molecule has 0 spiro atoms. The van der Waals surface area contributed by atoms with Crippen molar-refractivity contribution in [1.82, 2.24) is 0 Å². The molecule has 3 aromatic carbocycles. The van der Waals surface area contributed by atoms with Gasteiger partial charge in [0.25, 0.3) is 0 Å². The molecule has 1 heterocycles. The van der Waals surface area contributed by atoms with Crippen molar-refractivity contribution in [3.63, 3.8) is 0 Å². The monoisotopic (exact) mass is 414 g/mol. The van der Waals surface area contributed by atoms with Crippen molar-refractivity contribution in [3.05, 3.63) is 88.6 Å². The Balaban J connectivity index is 1.82. The van der Waals surface area contributed by atoms with Crippen LogP contribution in [0.25, 0.3) is 22.3 Å². The molecule has 0 fully saturated rings. The van der Waals surface area contributed by atoms with E-state index in [0.717, 1.165) is 11.3 Å². The highest BCUT2D eigenvalue weighted by Crippen LogP contribution is 2.33. The van der Waals surface area contributed by atoms with Crippen LogP contribution in [0.15, 0.2) is 82.0 Å². The number of methoxy groups -OCH3 is 1. The van der Waals surface area contributed by atoms with Crippen LogP contribution < -0.4 is 20.2 Å². The van der Waals surface area contributed by atoms with Crippen LogP contribution in [0.1, 0.15) is 5.56 Å². The number of fused-ring (bicyclic) bond motifs is 1. The molecule has 1 aromatic heterocycles. The third-order valence-corrected chi connectivity index (χ3v) is 4.84. The first-order chi connectivity index (χ1) is 15.2. The van der Waals surface area contributed by atoms with E-state index in [2.05, 4.69) is 5.32 Å². The highest BCUT2D eigenvalue weighted by molar-refractivity contribution is 5.85. The van der Waals surface area contributed by atoms with E-state index < -0.39 is 0 Å². The molecule has 0 aliphatic carbocycles. The fraction of sp³-hybridized carbons (Fsp3) is 0.120. The molecule has 0 saturated carbocycles. The van der Waals surface area contributed by atoms with E-state index in [1.54, 1.807) is 19.2 Å². The van der Waals surface area contributed by atoms with Crippen LogP contribution in [0.4, 0.5) is 5.69 Å². The summed E-state index contributed by atoms with van der Waals surface area (Å²) in [6, 6.07) is 22.2. The Morgan fingerprint density at radius 3 is 2.52 bits per heavy atom. The van der Waals surface area contributed by atoms with Crippen LogP contribution in [0.3, 0.4) is 0 Å². The molecule has 4 rings (SSSR count). The second-order valence-electron chi connectivity index (χ2n) is 6.89. The zero-order valence-electron chi connectivity index (χ0n) is 17.1. The fourth-order valence-electron chi connectivity index (χ4n) is 3.25. The van der Waals surface area contributed by atoms with Crippen molar-refractivity contribution in [2.75, 3.05) is 19.0 Å². The summed E-state index contributed by atoms with van der Waals surface area (Å²) in [4.78, 5) is 13.4. The Morgan fingerprint density at radius 1 is 1.03 bits per heavy atom. The summed E-state index contributed by atoms with van der Waals surface area (Å²) in [6.07, 6.45) is 1.26. The van der Waals surface area contributed by atoms with Crippen LogP contribution in [0.5, 0.6) is 11.5 Å². The van der Waals surface area contributed by atoms with Crippen LogP contribution >= 0.6 is 0 Å². The van der Waals surface area contributed by atoms with Crippen LogP contribution in [0.2, 0.25) is 0 Å². The molecule has 4 aromatic rings. The van der Waals surface area contributed by atoms with Gasteiger partial charge in [0.05, 0.1) is 12.5 Å². The van der Waals surface area contributed by atoms with Gasteiger partial charge in [0, 0.05) is 24.0 Å². The molecule has 2 N–H and O–H groups in total. The molecule has 0 unspecified atom stereocenters. The highest BCUT2D eigenvalue weighted by Gasteiger charge is 2.18. The van der Waals surface area contributed by atoms with Gasteiger partial charge in [-0.25, -0.2) is 0 Å². The lowest BCUT2D eigenvalue weighted by molar-refractivity contribution is 0.298. The summed E-state index contributed by atoms with van der Waals surface area (Å²) in [5.41, 5.74) is 2.61. The number of rotatable bonds is 8. The lowest BCUT2D eigenvalue weighted by Crippen LogP contribution is -2.11. The zero-order valence-corrected chi connectivity index (χ0v) is 17.1. The van der Waals surface area contributed by atoms with Crippen LogP contribution in [-0.2, 0) is 6.61 Å². The van der Waals surface area contributed by atoms with Crippen LogP contribution in [-0.4, -0.2) is 19.9 Å². The van der Waals surface area contributed by atoms with Crippen molar-refractivity contribution < 1.29 is 13.9 Å². The molecule has 0 atom stereocenters. The Labute approximate surface area is 179 Å². The second kappa shape index (κ2) is 9.17. The predicted molar refractivity (Wildman–Crippen MR) is 123 cm³/mol. The molecule has 0 aliphatic heterocycles. The summed E-state index contributed by atoms with van der Waals surface area (Å²) in [5, 5.41) is 10.7. The average Bonchev–Trinajstić information content (AvgIpc) is 2.83. The third kappa shape index (κ3) is 4.43. The number of anilines is 1. The van der Waals surface area contributed by atoms with Gasteiger partial charge in [0.15, 0.2) is 5.76 Å². The summed E-state index contributed by atoms with van der Waals surface area (Å²) < 4.78 is 17.4. The topological polar surface area (TPSA) is 84.5 Å². The molecule has 0 amide bonds. The molecule has 0 aliphatic rings. The first kappa shape index (κ1) is 20.2. The van der Waals surface area contributed by atoms with Gasteiger partial charge in [-0.15, -0.1) is 0 Å². The molecule has 6 heteroatoms. The van der Waals surface area contributed by atoms with Gasteiger partial charge < -0.3 is 24.6 Å². The molecular weight excluding hydrogens is 392 g/mol. The standard InChI is InChI=1S/C25H22N2O4/c1-29-20-10-7-18(8-11-20)24-25(30-16-17-5-3-2-4-6-17)23(28)21-15-19(27-14-13-26)9-12-22(21)31-24/h2-13,15,26-27H,14,16H2,1H3. The highest BCUT2D eigenvalue weighted by atomic mass is 16.5. The second-order valence-corrected chi connectivity index (χ2v) is 6.89. The van der Waals surface area contributed by atoms with Crippen LogP contribution in [0, 0.1) is 5.41 Å². The summed E-state index contributed by atoms with van der Waals surface area (Å²) in [6.45, 7) is 0.615. The molecule has 0 radical (unpaired) electrons. The Bertz CT molecular complexity index is 1250. The van der Waals surface area contributed by atoms with Gasteiger partial charge in [-0.1, -0.05) is 30.3 Å². The van der Waals surface area contributed by atoms with Crippen molar-refractivity contribution in [1.29, 1.82) is 5.41 Å². The normalized spacial score (nSPS) is 10.6. The fourth-order valence-corrected chi connectivity index (χ4v) is 3.25. The minimum absolute atomic E-state index is 0.158. The van der Waals surface area contributed by atoms with Gasteiger partial charge in [0.1, 0.15) is 17.9 Å². The first-order valence-corrected chi connectivity index (χ1v) is 9.84. The minimum atomic E-state index is -0.249.